The Bertz CT molecular complexity index is 971. The zero-order valence-electron chi connectivity index (χ0n) is 16.0. The first kappa shape index (κ1) is 18.7. The molecule has 2 N–H and O–H groups in total. The van der Waals surface area contributed by atoms with E-state index in [1.165, 1.54) is 12.6 Å². The van der Waals surface area contributed by atoms with Crippen LogP contribution in [0.25, 0.3) is 0 Å². The van der Waals surface area contributed by atoms with E-state index in [4.69, 9.17) is 15.2 Å². The summed E-state index contributed by atoms with van der Waals surface area (Å²) in [4.78, 5) is 22.6. The van der Waals surface area contributed by atoms with E-state index in [0.29, 0.717) is 17.4 Å². The van der Waals surface area contributed by atoms with Crippen LogP contribution in [0.4, 0.5) is 5.95 Å². The number of nitrogens with zero attached hydrogens (tertiary/aromatic N) is 3. The van der Waals surface area contributed by atoms with Gasteiger partial charge in [-0.25, -0.2) is 4.98 Å². The van der Waals surface area contributed by atoms with Gasteiger partial charge in [0.2, 0.25) is 11.8 Å². The molecule has 4 rings (SSSR count). The molecule has 0 radical (unpaired) electrons. The smallest absolute Gasteiger partial charge is 0.255 e. The third-order valence-corrected chi connectivity index (χ3v) is 4.66. The molecule has 0 unspecified atom stereocenters. The van der Waals surface area contributed by atoms with Gasteiger partial charge < -0.3 is 20.1 Å². The van der Waals surface area contributed by atoms with Crippen LogP contribution in [0.1, 0.15) is 29.6 Å². The molecule has 29 heavy (non-hydrogen) atoms. The Labute approximate surface area is 169 Å². The van der Waals surface area contributed by atoms with Crippen molar-refractivity contribution in [2.45, 2.75) is 19.3 Å². The molecule has 0 bridgehead atoms. The van der Waals surface area contributed by atoms with E-state index in [-0.39, 0.29) is 11.4 Å². The number of piperidine rings is 1. The van der Waals surface area contributed by atoms with E-state index in [2.05, 4.69) is 14.9 Å². The van der Waals surface area contributed by atoms with Crippen molar-refractivity contribution in [2.24, 2.45) is 5.73 Å². The molecule has 0 atom stereocenters. The highest BCUT2D eigenvalue weighted by atomic mass is 16.5. The number of hydrogen-bond acceptors (Lipinski definition) is 6. The highest BCUT2D eigenvalue weighted by Crippen LogP contribution is 2.28. The number of anilines is 1. The van der Waals surface area contributed by atoms with Crippen molar-refractivity contribution in [3.05, 3.63) is 66.4 Å². The molecule has 7 nitrogen and oxygen atoms in total. The summed E-state index contributed by atoms with van der Waals surface area (Å²) in [7, 11) is 0. The van der Waals surface area contributed by atoms with Gasteiger partial charge in [-0.1, -0.05) is 18.2 Å². The summed E-state index contributed by atoms with van der Waals surface area (Å²) in [5.41, 5.74) is 5.62. The first-order valence-corrected chi connectivity index (χ1v) is 9.62. The molecule has 0 aliphatic carbocycles. The van der Waals surface area contributed by atoms with Gasteiger partial charge in [0.25, 0.3) is 5.91 Å². The number of carbonyl (C=O) groups excluding carboxylic acids is 1. The van der Waals surface area contributed by atoms with Gasteiger partial charge in [-0.2, -0.15) is 4.98 Å². The third-order valence-electron chi connectivity index (χ3n) is 4.66. The summed E-state index contributed by atoms with van der Waals surface area (Å²) in [6.07, 6.45) is 4.83. The standard InChI is InChI=1S/C22H22N4O3/c23-20(27)19-15-24-22(26-13-5-2-6-14-26)25-21(19)29-18-11-9-17(10-12-18)28-16-7-3-1-4-8-16/h1,3-4,7-12,15H,2,5-6,13-14H2,(H2,23,27). The average molecular weight is 390 g/mol. The second-order valence-electron chi connectivity index (χ2n) is 6.79. The molecule has 0 saturated carbocycles. The van der Waals surface area contributed by atoms with Crippen LogP contribution in [0.3, 0.4) is 0 Å². The van der Waals surface area contributed by atoms with Crippen LogP contribution in [0.2, 0.25) is 0 Å². The maximum atomic E-state index is 11.8. The summed E-state index contributed by atoms with van der Waals surface area (Å²) < 4.78 is 11.7. The maximum Gasteiger partial charge on any atom is 0.255 e. The van der Waals surface area contributed by atoms with Gasteiger partial charge in [0.05, 0.1) is 0 Å². The van der Waals surface area contributed by atoms with Crippen LogP contribution < -0.4 is 20.1 Å². The number of benzene rings is 2. The summed E-state index contributed by atoms with van der Waals surface area (Å²) in [6, 6.07) is 16.6. The third kappa shape index (κ3) is 4.63. The van der Waals surface area contributed by atoms with Gasteiger partial charge >= 0.3 is 0 Å². The molecule has 1 aromatic heterocycles. The Hall–Kier alpha value is -3.61. The highest BCUT2D eigenvalue weighted by Gasteiger charge is 2.19. The van der Waals surface area contributed by atoms with Crippen molar-refractivity contribution in [3.8, 4) is 23.1 Å². The van der Waals surface area contributed by atoms with Crippen molar-refractivity contribution in [1.82, 2.24) is 9.97 Å². The van der Waals surface area contributed by atoms with E-state index in [1.807, 2.05) is 30.3 Å². The molecule has 2 aromatic carbocycles. The van der Waals surface area contributed by atoms with E-state index >= 15 is 0 Å². The summed E-state index contributed by atoms with van der Waals surface area (Å²) in [6.45, 7) is 1.78. The number of rotatable bonds is 6. The molecule has 2 heterocycles. The number of aromatic nitrogens is 2. The van der Waals surface area contributed by atoms with Gasteiger partial charge in [-0.3, -0.25) is 4.79 Å². The lowest BCUT2D eigenvalue weighted by Crippen LogP contribution is -2.31. The van der Waals surface area contributed by atoms with Gasteiger partial charge in [0, 0.05) is 19.3 Å². The fraction of sp³-hybridized carbons (Fsp3) is 0.227. The molecule has 0 spiro atoms. The second kappa shape index (κ2) is 8.60. The Morgan fingerprint density at radius 1 is 0.862 bits per heavy atom. The molecular weight excluding hydrogens is 368 g/mol. The molecule has 1 saturated heterocycles. The summed E-state index contributed by atoms with van der Waals surface area (Å²) >= 11 is 0. The van der Waals surface area contributed by atoms with Crippen molar-refractivity contribution in [1.29, 1.82) is 0 Å². The van der Waals surface area contributed by atoms with Crippen LogP contribution in [-0.4, -0.2) is 29.0 Å². The normalized spacial score (nSPS) is 13.7. The maximum absolute atomic E-state index is 11.8. The summed E-state index contributed by atoms with van der Waals surface area (Å²) in [5, 5.41) is 0. The Morgan fingerprint density at radius 3 is 2.14 bits per heavy atom. The average Bonchev–Trinajstić information content (AvgIpc) is 2.76. The van der Waals surface area contributed by atoms with Gasteiger partial charge in [-0.15, -0.1) is 0 Å². The minimum atomic E-state index is -0.630. The molecule has 1 aliphatic heterocycles. The predicted octanol–water partition coefficient (Wildman–Crippen LogP) is 4.15. The monoisotopic (exact) mass is 390 g/mol. The first-order chi connectivity index (χ1) is 14.2. The van der Waals surface area contributed by atoms with Crippen LogP contribution >= 0.6 is 0 Å². The minimum Gasteiger partial charge on any atom is -0.457 e. The zero-order chi connectivity index (χ0) is 20.1. The highest BCUT2D eigenvalue weighted by molar-refractivity contribution is 5.94. The zero-order valence-corrected chi connectivity index (χ0v) is 16.0. The van der Waals surface area contributed by atoms with Crippen molar-refractivity contribution in [2.75, 3.05) is 18.0 Å². The molecule has 7 heteroatoms. The number of ether oxygens (including phenoxy) is 2. The molecule has 3 aromatic rings. The summed E-state index contributed by atoms with van der Waals surface area (Å²) in [5.74, 6) is 2.03. The molecule has 1 fully saturated rings. The van der Waals surface area contributed by atoms with Crippen molar-refractivity contribution in [3.63, 3.8) is 0 Å². The minimum absolute atomic E-state index is 0.148. The Kier molecular flexibility index (Phi) is 5.56. The Morgan fingerprint density at radius 2 is 1.48 bits per heavy atom. The molecule has 1 amide bonds. The first-order valence-electron chi connectivity index (χ1n) is 9.62. The lowest BCUT2D eigenvalue weighted by molar-refractivity contribution is 0.0997. The molecule has 1 aliphatic rings. The topological polar surface area (TPSA) is 90.6 Å². The molecule has 148 valence electrons. The number of nitrogens with two attached hydrogens (primary N) is 1. The lowest BCUT2D eigenvalue weighted by atomic mass is 10.1. The van der Waals surface area contributed by atoms with Gasteiger partial charge in [0.15, 0.2) is 0 Å². The van der Waals surface area contributed by atoms with E-state index in [9.17, 15) is 4.79 Å². The fourth-order valence-electron chi connectivity index (χ4n) is 3.16. The van der Waals surface area contributed by atoms with E-state index in [1.54, 1.807) is 24.3 Å². The second-order valence-corrected chi connectivity index (χ2v) is 6.79. The van der Waals surface area contributed by atoms with Crippen molar-refractivity contribution >= 4 is 11.9 Å². The van der Waals surface area contributed by atoms with Crippen LogP contribution in [0.5, 0.6) is 23.1 Å². The van der Waals surface area contributed by atoms with Gasteiger partial charge in [-0.05, 0) is 55.7 Å². The number of hydrogen-bond donors (Lipinski definition) is 1. The fourth-order valence-corrected chi connectivity index (χ4v) is 3.16. The number of para-hydroxylation sites is 1. The largest absolute Gasteiger partial charge is 0.457 e. The van der Waals surface area contributed by atoms with E-state index in [0.717, 1.165) is 31.7 Å². The molecular formula is C22H22N4O3. The van der Waals surface area contributed by atoms with E-state index < -0.39 is 5.91 Å². The van der Waals surface area contributed by atoms with Crippen LogP contribution in [-0.2, 0) is 0 Å². The van der Waals surface area contributed by atoms with Crippen molar-refractivity contribution < 1.29 is 14.3 Å². The number of primary amides is 1. The van der Waals surface area contributed by atoms with Crippen LogP contribution in [0.15, 0.2) is 60.8 Å². The van der Waals surface area contributed by atoms with Crippen LogP contribution in [0, 0.1) is 0 Å². The quantitative estimate of drug-likeness (QED) is 0.680. The van der Waals surface area contributed by atoms with Gasteiger partial charge in [0.1, 0.15) is 22.8 Å². The Balaban J connectivity index is 1.53. The SMILES string of the molecule is NC(=O)c1cnc(N2CCCCC2)nc1Oc1ccc(Oc2ccccc2)cc1. The lowest BCUT2D eigenvalue weighted by Gasteiger charge is -2.26. The number of carbonyl (C=O) groups is 1. The predicted molar refractivity (Wildman–Crippen MR) is 110 cm³/mol. The number of amides is 1.